The van der Waals surface area contributed by atoms with Crippen LogP contribution in [0.2, 0.25) is 0 Å². The van der Waals surface area contributed by atoms with Crippen molar-refractivity contribution in [3.8, 4) is 0 Å². The summed E-state index contributed by atoms with van der Waals surface area (Å²) >= 11 is 0. The summed E-state index contributed by atoms with van der Waals surface area (Å²) in [6.45, 7) is 4.70. The Kier molecular flexibility index (Phi) is 9.43. The predicted octanol–water partition coefficient (Wildman–Crippen LogP) is 0.963. The second-order valence-corrected chi connectivity index (χ2v) is 3.95. The lowest BCUT2D eigenvalue weighted by molar-refractivity contribution is -0.143. The first-order valence-electron chi connectivity index (χ1n) is 6.30. The minimum atomic E-state index is -0.433. The van der Waals surface area contributed by atoms with Crippen molar-refractivity contribution in [2.45, 2.75) is 52.0 Å². The van der Waals surface area contributed by atoms with Crippen LogP contribution in [0.5, 0.6) is 0 Å². The second kappa shape index (κ2) is 10.1. The smallest absolute Gasteiger partial charge is 0.305 e. The molecule has 0 aromatic heterocycles. The molecule has 0 radical (unpaired) electrons. The zero-order valence-electron chi connectivity index (χ0n) is 10.8. The quantitative estimate of drug-likeness (QED) is 0.467. The average molecular weight is 244 g/mol. The minimum Gasteiger partial charge on any atom is -0.466 e. The van der Waals surface area contributed by atoms with Gasteiger partial charge in [-0.25, -0.2) is 0 Å². The molecule has 0 aliphatic rings. The van der Waals surface area contributed by atoms with E-state index in [2.05, 4.69) is 12.2 Å². The predicted molar refractivity (Wildman–Crippen MR) is 66.4 cm³/mol. The summed E-state index contributed by atoms with van der Waals surface area (Å²) in [6.07, 6.45) is 3.62. The summed E-state index contributed by atoms with van der Waals surface area (Å²) in [5.74, 6) is -0.362. The number of rotatable bonds is 9. The van der Waals surface area contributed by atoms with E-state index in [-0.39, 0.29) is 11.9 Å². The molecule has 0 bridgehead atoms. The van der Waals surface area contributed by atoms with Gasteiger partial charge in [0, 0.05) is 13.0 Å². The van der Waals surface area contributed by atoms with Crippen molar-refractivity contribution in [3.63, 3.8) is 0 Å². The Hall–Kier alpha value is -1.10. The normalized spacial score (nSPS) is 11.9. The SMILES string of the molecule is CCCCC(N)C(=O)NCCCC(=O)OCC. The van der Waals surface area contributed by atoms with Gasteiger partial charge in [0.2, 0.25) is 5.91 Å². The molecule has 17 heavy (non-hydrogen) atoms. The van der Waals surface area contributed by atoms with Crippen LogP contribution >= 0.6 is 0 Å². The van der Waals surface area contributed by atoms with Gasteiger partial charge in [0.15, 0.2) is 0 Å². The Bertz CT molecular complexity index is 232. The number of hydrogen-bond donors (Lipinski definition) is 2. The van der Waals surface area contributed by atoms with Crippen LogP contribution in [0, 0.1) is 0 Å². The van der Waals surface area contributed by atoms with E-state index in [9.17, 15) is 9.59 Å². The number of nitrogens with one attached hydrogen (secondary N) is 1. The van der Waals surface area contributed by atoms with Crippen LogP contribution in [0.25, 0.3) is 0 Å². The lowest BCUT2D eigenvalue weighted by atomic mass is 10.1. The molecule has 0 fully saturated rings. The van der Waals surface area contributed by atoms with E-state index in [1.54, 1.807) is 6.92 Å². The van der Waals surface area contributed by atoms with Gasteiger partial charge in [-0.1, -0.05) is 19.8 Å². The highest BCUT2D eigenvalue weighted by Gasteiger charge is 2.11. The van der Waals surface area contributed by atoms with Gasteiger partial charge in [0.05, 0.1) is 12.6 Å². The number of hydrogen-bond acceptors (Lipinski definition) is 4. The first kappa shape index (κ1) is 15.9. The zero-order chi connectivity index (χ0) is 13.1. The first-order valence-corrected chi connectivity index (χ1v) is 6.30. The fraction of sp³-hybridized carbons (Fsp3) is 0.833. The van der Waals surface area contributed by atoms with Crippen LogP contribution in [0.4, 0.5) is 0 Å². The molecule has 5 heteroatoms. The Labute approximate surface area is 103 Å². The lowest BCUT2D eigenvalue weighted by Gasteiger charge is -2.11. The molecule has 0 aromatic carbocycles. The highest BCUT2D eigenvalue weighted by atomic mass is 16.5. The molecule has 1 atom stereocenters. The van der Waals surface area contributed by atoms with Crippen molar-refractivity contribution < 1.29 is 14.3 Å². The van der Waals surface area contributed by atoms with Crippen LogP contribution in [0.3, 0.4) is 0 Å². The number of ether oxygens (including phenoxy) is 1. The van der Waals surface area contributed by atoms with Gasteiger partial charge in [-0.2, -0.15) is 0 Å². The molecule has 0 saturated heterocycles. The molecule has 0 saturated carbocycles. The van der Waals surface area contributed by atoms with Crippen molar-refractivity contribution in [3.05, 3.63) is 0 Å². The standard InChI is InChI=1S/C12H24N2O3/c1-3-5-7-10(13)12(16)14-9-6-8-11(15)17-4-2/h10H,3-9,13H2,1-2H3,(H,14,16). The molecule has 0 rings (SSSR count). The number of nitrogens with two attached hydrogens (primary N) is 1. The Morgan fingerprint density at radius 1 is 1.29 bits per heavy atom. The molecule has 5 nitrogen and oxygen atoms in total. The van der Waals surface area contributed by atoms with Gasteiger partial charge in [-0.15, -0.1) is 0 Å². The molecule has 0 aliphatic heterocycles. The third kappa shape index (κ3) is 8.68. The van der Waals surface area contributed by atoms with Gasteiger partial charge in [-0.05, 0) is 19.8 Å². The summed E-state index contributed by atoms with van der Waals surface area (Å²) in [6, 6.07) is -0.433. The maximum absolute atomic E-state index is 11.5. The number of amides is 1. The zero-order valence-corrected chi connectivity index (χ0v) is 10.8. The van der Waals surface area contributed by atoms with E-state index in [0.717, 1.165) is 12.8 Å². The second-order valence-electron chi connectivity index (χ2n) is 3.95. The van der Waals surface area contributed by atoms with Crippen molar-refractivity contribution in [1.82, 2.24) is 5.32 Å². The number of esters is 1. The van der Waals surface area contributed by atoms with Gasteiger partial charge in [-0.3, -0.25) is 9.59 Å². The third-order valence-electron chi connectivity index (χ3n) is 2.37. The highest BCUT2D eigenvalue weighted by Crippen LogP contribution is 1.98. The van der Waals surface area contributed by atoms with Crippen molar-refractivity contribution in [2.24, 2.45) is 5.73 Å². The van der Waals surface area contributed by atoms with Gasteiger partial charge in [0.25, 0.3) is 0 Å². The first-order chi connectivity index (χ1) is 8.11. The Morgan fingerprint density at radius 3 is 2.59 bits per heavy atom. The monoisotopic (exact) mass is 244 g/mol. The Morgan fingerprint density at radius 2 is 2.00 bits per heavy atom. The van der Waals surface area contributed by atoms with Crippen LogP contribution < -0.4 is 11.1 Å². The molecular formula is C12H24N2O3. The van der Waals surface area contributed by atoms with E-state index < -0.39 is 6.04 Å². The highest BCUT2D eigenvalue weighted by molar-refractivity contribution is 5.81. The van der Waals surface area contributed by atoms with Crippen molar-refractivity contribution >= 4 is 11.9 Å². The summed E-state index contributed by atoms with van der Waals surface area (Å²) < 4.78 is 4.77. The fourth-order valence-electron chi connectivity index (χ4n) is 1.36. The van der Waals surface area contributed by atoms with Gasteiger partial charge < -0.3 is 15.8 Å². The molecule has 3 N–H and O–H groups in total. The summed E-state index contributed by atoms with van der Waals surface area (Å²) in [5.41, 5.74) is 5.69. The molecule has 0 spiro atoms. The lowest BCUT2D eigenvalue weighted by Crippen LogP contribution is -2.40. The average Bonchev–Trinajstić information content (AvgIpc) is 2.31. The van der Waals surface area contributed by atoms with Gasteiger partial charge in [0.1, 0.15) is 0 Å². The molecular weight excluding hydrogens is 220 g/mol. The molecule has 0 aliphatic carbocycles. The summed E-state index contributed by atoms with van der Waals surface area (Å²) in [7, 11) is 0. The third-order valence-corrected chi connectivity index (χ3v) is 2.37. The van der Waals surface area contributed by atoms with Crippen LogP contribution in [-0.4, -0.2) is 31.1 Å². The van der Waals surface area contributed by atoms with E-state index in [1.807, 2.05) is 0 Å². The molecule has 0 aromatic rings. The van der Waals surface area contributed by atoms with Crippen LogP contribution in [-0.2, 0) is 14.3 Å². The van der Waals surface area contributed by atoms with Crippen molar-refractivity contribution in [1.29, 1.82) is 0 Å². The van der Waals surface area contributed by atoms with E-state index in [0.29, 0.717) is 32.4 Å². The van der Waals surface area contributed by atoms with E-state index >= 15 is 0 Å². The molecule has 0 heterocycles. The van der Waals surface area contributed by atoms with Gasteiger partial charge >= 0.3 is 5.97 Å². The van der Waals surface area contributed by atoms with Crippen LogP contribution in [0.1, 0.15) is 46.0 Å². The number of carbonyl (C=O) groups excluding carboxylic acids is 2. The number of carbonyl (C=O) groups is 2. The largest absolute Gasteiger partial charge is 0.466 e. The molecule has 1 unspecified atom stereocenters. The fourth-order valence-corrected chi connectivity index (χ4v) is 1.36. The molecule has 1 amide bonds. The topological polar surface area (TPSA) is 81.4 Å². The molecule has 100 valence electrons. The summed E-state index contributed by atoms with van der Waals surface area (Å²) in [5, 5.41) is 2.72. The Balaban J connectivity index is 3.53. The van der Waals surface area contributed by atoms with E-state index in [4.69, 9.17) is 10.5 Å². The van der Waals surface area contributed by atoms with E-state index in [1.165, 1.54) is 0 Å². The number of unbranched alkanes of at least 4 members (excludes halogenated alkanes) is 1. The summed E-state index contributed by atoms with van der Waals surface area (Å²) in [4.78, 5) is 22.5. The maximum atomic E-state index is 11.5. The van der Waals surface area contributed by atoms with Crippen molar-refractivity contribution in [2.75, 3.05) is 13.2 Å². The maximum Gasteiger partial charge on any atom is 0.305 e. The minimum absolute atomic E-state index is 0.137. The van der Waals surface area contributed by atoms with Crippen LogP contribution in [0.15, 0.2) is 0 Å².